The number of benzene rings is 4. The molecule has 4 aromatic carbocycles. The minimum atomic E-state index is -4.55. The summed E-state index contributed by atoms with van der Waals surface area (Å²) in [6.07, 6.45) is -18.2. The Morgan fingerprint density at radius 1 is 0.242 bits per heavy atom. The van der Waals surface area contributed by atoms with Crippen molar-refractivity contribution >= 4 is 56.5 Å². The van der Waals surface area contributed by atoms with Crippen LogP contribution >= 0.6 is 45.3 Å². The van der Waals surface area contributed by atoms with E-state index in [4.69, 9.17) is 0 Å². The van der Waals surface area contributed by atoms with Gasteiger partial charge in [-0.1, -0.05) is 48.5 Å². The summed E-state index contributed by atoms with van der Waals surface area (Å²) in [5.74, 6) is 0. The van der Waals surface area contributed by atoms with E-state index in [9.17, 15) is 52.7 Å². The van der Waals surface area contributed by atoms with E-state index >= 15 is 0 Å². The molecule has 0 saturated heterocycles. The van der Waals surface area contributed by atoms with Crippen molar-refractivity contribution in [3.8, 4) is 41.8 Å². The van der Waals surface area contributed by atoms with E-state index in [1.54, 1.807) is 48.5 Å². The fourth-order valence-corrected chi connectivity index (χ4v) is 11.0. The SMILES string of the molecule is FC(F)(F)c1ccc(-c2ccc(C(=C(c3ccc(-c4ccc(C(F)(F)F)cc4)s3)c3ccc(-c4ccc(C(F)(F)F)cc4)s3)c3ccc(-c4ccc(C(F)(F)F)cc4)s3)s2)cc1. The molecule has 0 nitrogen and oxygen atoms in total. The summed E-state index contributed by atoms with van der Waals surface area (Å²) in [5, 5.41) is 0. The predicted octanol–water partition coefficient (Wildman–Crippen LogP) is 17.7. The Bertz CT molecular complexity index is 2470. The minimum absolute atomic E-state index is 0.508. The third kappa shape index (κ3) is 9.19. The van der Waals surface area contributed by atoms with Crippen molar-refractivity contribution in [2.75, 3.05) is 0 Å². The molecule has 4 aromatic heterocycles. The molecule has 0 aliphatic heterocycles. The average Bonchev–Trinajstić information content (AvgIpc) is 4.07. The van der Waals surface area contributed by atoms with Crippen LogP contribution in [0.25, 0.3) is 52.9 Å². The Morgan fingerprint density at radius 2 is 0.419 bits per heavy atom. The van der Waals surface area contributed by atoms with Crippen molar-refractivity contribution < 1.29 is 52.7 Å². The molecule has 8 aromatic rings. The summed E-state index contributed by atoms with van der Waals surface area (Å²) in [4.78, 5) is 5.12. The first-order valence-electron chi connectivity index (χ1n) is 18.1. The van der Waals surface area contributed by atoms with Gasteiger partial charge in [0.25, 0.3) is 0 Å². The molecule has 0 aliphatic rings. The lowest BCUT2D eigenvalue weighted by Gasteiger charge is -2.13. The van der Waals surface area contributed by atoms with Gasteiger partial charge in [-0.2, -0.15) is 52.7 Å². The zero-order valence-corrected chi connectivity index (χ0v) is 34.3. The molecule has 8 rings (SSSR count). The maximum absolute atomic E-state index is 13.4. The largest absolute Gasteiger partial charge is 0.416 e. The van der Waals surface area contributed by atoms with Crippen molar-refractivity contribution in [2.45, 2.75) is 24.7 Å². The summed E-state index contributed by atoms with van der Waals surface area (Å²) >= 11 is 5.13. The van der Waals surface area contributed by atoms with Crippen LogP contribution < -0.4 is 0 Å². The Balaban J connectivity index is 1.32. The molecule has 0 unspecified atom stereocenters. The van der Waals surface area contributed by atoms with E-state index < -0.39 is 47.0 Å². The monoisotopic (exact) mass is 932 g/mol. The van der Waals surface area contributed by atoms with Gasteiger partial charge in [-0.15, -0.1) is 45.3 Å². The first-order chi connectivity index (χ1) is 29.2. The molecular formula is C46H24F12S4. The topological polar surface area (TPSA) is 0 Å². The molecule has 0 radical (unpaired) electrons. The van der Waals surface area contributed by atoms with Crippen LogP contribution in [0.1, 0.15) is 41.8 Å². The lowest BCUT2D eigenvalue weighted by atomic mass is 10.0. The van der Waals surface area contributed by atoms with Gasteiger partial charge < -0.3 is 0 Å². The van der Waals surface area contributed by atoms with Gasteiger partial charge in [0, 0.05) is 50.2 Å². The highest BCUT2D eigenvalue weighted by Gasteiger charge is 2.33. The normalized spacial score (nSPS) is 12.5. The standard InChI is InChI=1S/C46H24F12S4/c47-43(48,49)29-9-1-25(2-10-29)33-17-21-37(59-33)41(38-22-18-34(60-38)26-3-11-30(12-4-26)44(50,51)52)42(39-23-19-35(61-39)27-5-13-31(14-6-27)45(53,54)55)40-24-20-36(62-40)28-7-15-32(16-8-28)46(56,57)58/h1-24H. The zero-order chi connectivity index (χ0) is 44.2. The van der Waals surface area contributed by atoms with Gasteiger partial charge in [-0.25, -0.2) is 0 Å². The van der Waals surface area contributed by atoms with E-state index in [0.29, 0.717) is 72.4 Å². The highest BCUT2D eigenvalue weighted by Crippen LogP contribution is 2.49. The molecule has 0 saturated carbocycles. The van der Waals surface area contributed by atoms with E-state index in [1.165, 1.54) is 93.9 Å². The molecule has 0 bridgehead atoms. The first-order valence-corrected chi connectivity index (χ1v) is 21.3. The number of hydrogen-bond donors (Lipinski definition) is 0. The summed E-state index contributed by atoms with van der Waals surface area (Å²) in [7, 11) is 0. The molecule has 316 valence electrons. The average molecular weight is 933 g/mol. The molecule has 0 aliphatic carbocycles. The third-order valence-electron chi connectivity index (χ3n) is 9.65. The highest BCUT2D eigenvalue weighted by atomic mass is 32.1. The van der Waals surface area contributed by atoms with Crippen LogP contribution in [0.15, 0.2) is 146 Å². The Kier molecular flexibility index (Phi) is 11.4. The Morgan fingerprint density at radius 3 is 0.581 bits per heavy atom. The van der Waals surface area contributed by atoms with E-state index in [0.717, 1.165) is 48.5 Å². The van der Waals surface area contributed by atoms with Crippen molar-refractivity contribution in [2.24, 2.45) is 0 Å². The molecule has 4 heterocycles. The van der Waals surface area contributed by atoms with Gasteiger partial charge in [0.1, 0.15) is 0 Å². The second-order valence-corrected chi connectivity index (χ2v) is 18.0. The molecule has 0 spiro atoms. The lowest BCUT2D eigenvalue weighted by Crippen LogP contribution is -2.03. The smallest absolute Gasteiger partial charge is 0.166 e. The quantitative estimate of drug-likeness (QED) is 0.133. The summed E-state index contributed by atoms with van der Waals surface area (Å²) in [6.45, 7) is 0. The zero-order valence-electron chi connectivity index (χ0n) is 31.0. The molecular weight excluding hydrogens is 909 g/mol. The summed E-state index contributed by atoms with van der Waals surface area (Å²) < 4.78 is 161. The van der Waals surface area contributed by atoms with E-state index in [-0.39, 0.29) is 0 Å². The number of thiophene rings is 4. The van der Waals surface area contributed by atoms with Crippen molar-refractivity contribution in [1.29, 1.82) is 0 Å². The van der Waals surface area contributed by atoms with Crippen molar-refractivity contribution in [3.63, 3.8) is 0 Å². The number of alkyl halides is 12. The third-order valence-corrected chi connectivity index (χ3v) is 14.3. The van der Waals surface area contributed by atoms with Gasteiger partial charge in [-0.05, 0) is 119 Å². The number of halogens is 12. The van der Waals surface area contributed by atoms with Crippen molar-refractivity contribution in [1.82, 2.24) is 0 Å². The Labute approximate surface area is 361 Å². The predicted molar refractivity (Wildman–Crippen MR) is 224 cm³/mol. The van der Waals surface area contributed by atoms with E-state index in [1.807, 2.05) is 0 Å². The number of rotatable bonds is 8. The molecule has 0 N–H and O–H groups in total. The van der Waals surface area contributed by atoms with Crippen LogP contribution in [0.4, 0.5) is 52.7 Å². The fraction of sp³-hybridized carbons (Fsp3) is 0.0870. The second kappa shape index (κ2) is 16.4. The minimum Gasteiger partial charge on any atom is -0.166 e. The molecule has 0 amide bonds. The van der Waals surface area contributed by atoms with Crippen LogP contribution in [0.2, 0.25) is 0 Å². The lowest BCUT2D eigenvalue weighted by molar-refractivity contribution is -0.138. The molecule has 0 atom stereocenters. The van der Waals surface area contributed by atoms with Gasteiger partial charge in [0.05, 0.1) is 22.3 Å². The van der Waals surface area contributed by atoms with Gasteiger partial charge >= 0.3 is 24.7 Å². The number of hydrogen-bond acceptors (Lipinski definition) is 4. The molecule has 16 heteroatoms. The first kappa shape index (κ1) is 43.2. The van der Waals surface area contributed by atoms with Crippen LogP contribution in [0.5, 0.6) is 0 Å². The van der Waals surface area contributed by atoms with Crippen LogP contribution in [-0.2, 0) is 24.7 Å². The van der Waals surface area contributed by atoms with Crippen LogP contribution in [0.3, 0.4) is 0 Å². The Hall–Kier alpha value is -5.42. The van der Waals surface area contributed by atoms with Gasteiger partial charge in [0.2, 0.25) is 0 Å². The van der Waals surface area contributed by atoms with Crippen LogP contribution in [-0.4, -0.2) is 0 Å². The molecule has 62 heavy (non-hydrogen) atoms. The highest BCUT2D eigenvalue weighted by molar-refractivity contribution is 7.21. The molecule has 0 fully saturated rings. The van der Waals surface area contributed by atoms with Gasteiger partial charge in [-0.3, -0.25) is 0 Å². The fourth-order valence-electron chi connectivity index (χ4n) is 6.54. The summed E-state index contributed by atoms with van der Waals surface area (Å²) in [5.41, 5.74) is 0.0206. The summed E-state index contributed by atoms with van der Waals surface area (Å²) in [6, 6.07) is 33.0. The maximum atomic E-state index is 13.4. The van der Waals surface area contributed by atoms with Crippen molar-refractivity contribution in [3.05, 3.63) is 187 Å². The second-order valence-electron chi connectivity index (χ2n) is 13.7. The maximum Gasteiger partial charge on any atom is 0.416 e. The van der Waals surface area contributed by atoms with Crippen LogP contribution in [0, 0.1) is 0 Å². The van der Waals surface area contributed by atoms with Gasteiger partial charge in [0.15, 0.2) is 0 Å². The van der Waals surface area contributed by atoms with E-state index in [2.05, 4.69) is 0 Å².